The van der Waals surface area contributed by atoms with Crippen molar-refractivity contribution in [1.29, 1.82) is 0 Å². The van der Waals surface area contributed by atoms with Crippen LogP contribution in [0.3, 0.4) is 0 Å². The van der Waals surface area contributed by atoms with E-state index in [4.69, 9.17) is 0 Å². The summed E-state index contributed by atoms with van der Waals surface area (Å²) < 4.78 is 27.3. The molecule has 0 N–H and O–H groups in total. The van der Waals surface area contributed by atoms with Crippen LogP contribution >= 0.6 is 0 Å². The van der Waals surface area contributed by atoms with Gasteiger partial charge in [-0.2, -0.15) is 0 Å². The molecule has 9 nitrogen and oxygen atoms in total. The molecule has 0 spiro atoms. The molecule has 0 saturated carbocycles. The summed E-state index contributed by atoms with van der Waals surface area (Å²) in [5.74, 6) is 0. The highest BCUT2D eigenvalue weighted by Crippen LogP contribution is 2.32. The lowest BCUT2D eigenvalue weighted by Crippen LogP contribution is -2.32. The zero-order chi connectivity index (χ0) is 19.6. The summed E-state index contributed by atoms with van der Waals surface area (Å²) in [6.45, 7) is 4.76. The number of sulfonamides is 1. The summed E-state index contributed by atoms with van der Waals surface area (Å²) in [5, 5.41) is 22.0. The Morgan fingerprint density at radius 1 is 0.923 bits per heavy atom. The zero-order valence-corrected chi connectivity index (χ0v) is 15.2. The van der Waals surface area contributed by atoms with E-state index in [-0.39, 0.29) is 28.5 Å². The number of nitro groups is 2. The molecule has 0 bridgehead atoms. The number of non-ortho nitro benzene ring substituents is 2. The molecule has 0 aliphatic carbocycles. The van der Waals surface area contributed by atoms with Crippen LogP contribution in [0.2, 0.25) is 0 Å². The lowest BCUT2D eigenvalue weighted by atomic mass is 10.2. The molecule has 2 aromatic carbocycles. The fourth-order valence-corrected chi connectivity index (χ4v) is 4.33. The average molecular weight is 379 g/mol. The van der Waals surface area contributed by atoms with E-state index in [1.807, 2.05) is 0 Å². The van der Waals surface area contributed by atoms with Crippen molar-refractivity contribution in [1.82, 2.24) is 0 Å². The highest BCUT2D eigenvalue weighted by Gasteiger charge is 2.29. The first kappa shape index (κ1) is 19.3. The summed E-state index contributed by atoms with van der Waals surface area (Å²) in [5.41, 5.74) is 0.449. The molecule has 0 aromatic heterocycles. The van der Waals surface area contributed by atoms with E-state index in [0.29, 0.717) is 11.1 Å². The largest absolute Gasteiger partial charge is 0.271 e. The Hall–Kier alpha value is -3.01. The molecule has 0 fully saturated rings. The number of anilines is 1. The standard InChI is InChI=1S/C16H17N3O6S/c1-4-17(15-9-13(18(20)21)7-5-11(15)2)26(24,25)16-10-14(19(22)23)8-6-12(16)3/h5-10H,4H2,1-3H3. The van der Waals surface area contributed by atoms with E-state index in [1.54, 1.807) is 13.8 Å². The maximum atomic E-state index is 13.1. The van der Waals surface area contributed by atoms with E-state index < -0.39 is 19.9 Å². The van der Waals surface area contributed by atoms with Crippen molar-refractivity contribution >= 4 is 27.1 Å². The van der Waals surface area contributed by atoms with Gasteiger partial charge in [0.15, 0.2) is 0 Å². The number of hydrogen-bond donors (Lipinski definition) is 0. The lowest BCUT2D eigenvalue weighted by molar-refractivity contribution is -0.385. The average Bonchev–Trinajstić information content (AvgIpc) is 2.56. The number of aryl methyl sites for hydroxylation is 2. The van der Waals surface area contributed by atoms with E-state index in [1.165, 1.54) is 37.3 Å². The predicted molar refractivity (Wildman–Crippen MR) is 95.9 cm³/mol. The molecule has 0 aliphatic rings. The fraction of sp³-hybridized carbons (Fsp3) is 0.250. The maximum Gasteiger partial charge on any atom is 0.271 e. The Balaban J connectivity index is 2.67. The Labute approximate surface area is 150 Å². The van der Waals surface area contributed by atoms with Crippen molar-refractivity contribution in [2.24, 2.45) is 0 Å². The molecular weight excluding hydrogens is 362 g/mol. The fourth-order valence-electron chi connectivity index (χ4n) is 2.55. The van der Waals surface area contributed by atoms with Crippen LogP contribution in [0.15, 0.2) is 41.3 Å². The van der Waals surface area contributed by atoms with Crippen LogP contribution in [0.1, 0.15) is 18.1 Å². The molecule has 0 aliphatic heterocycles. The highest BCUT2D eigenvalue weighted by atomic mass is 32.2. The number of nitrogens with zero attached hydrogens (tertiary/aromatic N) is 3. The van der Waals surface area contributed by atoms with Crippen LogP contribution in [0.5, 0.6) is 0 Å². The third kappa shape index (κ3) is 3.49. The smallest absolute Gasteiger partial charge is 0.266 e. The van der Waals surface area contributed by atoms with Crippen LogP contribution in [0.4, 0.5) is 17.1 Å². The minimum atomic E-state index is -4.15. The summed E-state index contributed by atoms with van der Waals surface area (Å²) in [6, 6.07) is 7.52. The Kier molecular flexibility index (Phi) is 5.26. The molecule has 10 heteroatoms. The molecule has 0 unspecified atom stereocenters. The van der Waals surface area contributed by atoms with Crippen LogP contribution in [0, 0.1) is 34.1 Å². The number of benzene rings is 2. The summed E-state index contributed by atoms with van der Waals surface area (Å²) >= 11 is 0. The highest BCUT2D eigenvalue weighted by molar-refractivity contribution is 7.92. The maximum absolute atomic E-state index is 13.1. The van der Waals surface area contributed by atoms with Crippen molar-refractivity contribution in [2.75, 3.05) is 10.8 Å². The van der Waals surface area contributed by atoms with Crippen molar-refractivity contribution in [2.45, 2.75) is 25.7 Å². The molecule has 0 saturated heterocycles. The van der Waals surface area contributed by atoms with Gasteiger partial charge >= 0.3 is 0 Å². The minimum Gasteiger partial charge on any atom is -0.266 e. The number of rotatable bonds is 6. The topological polar surface area (TPSA) is 124 Å². The molecule has 26 heavy (non-hydrogen) atoms. The van der Waals surface area contributed by atoms with Gasteiger partial charge in [0.05, 0.1) is 20.4 Å². The van der Waals surface area contributed by atoms with Crippen LogP contribution in [-0.2, 0) is 10.0 Å². The van der Waals surface area contributed by atoms with Crippen LogP contribution in [0.25, 0.3) is 0 Å². The lowest BCUT2D eigenvalue weighted by Gasteiger charge is -2.25. The first-order chi connectivity index (χ1) is 12.1. The molecule has 0 heterocycles. The second kappa shape index (κ2) is 7.08. The summed E-state index contributed by atoms with van der Waals surface area (Å²) in [4.78, 5) is 20.5. The quantitative estimate of drug-likeness (QED) is 0.560. The van der Waals surface area contributed by atoms with E-state index in [9.17, 15) is 28.6 Å². The zero-order valence-electron chi connectivity index (χ0n) is 14.4. The van der Waals surface area contributed by atoms with Crippen molar-refractivity contribution < 1.29 is 18.3 Å². The summed E-state index contributed by atoms with van der Waals surface area (Å²) in [6.07, 6.45) is 0. The normalized spacial score (nSPS) is 11.2. The predicted octanol–water partition coefficient (Wildman–Crippen LogP) is 3.34. The van der Waals surface area contributed by atoms with Gasteiger partial charge in [-0.05, 0) is 31.9 Å². The molecule has 138 valence electrons. The van der Waals surface area contributed by atoms with Gasteiger partial charge in [0, 0.05) is 30.8 Å². The van der Waals surface area contributed by atoms with Gasteiger partial charge in [-0.1, -0.05) is 12.1 Å². The Morgan fingerprint density at radius 2 is 1.42 bits per heavy atom. The molecule has 2 aromatic rings. The molecular formula is C16H17N3O6S. The summed E-state index contributed by atoms with van der Waals surface area (Å²) in [7, 11) is -4.15. The second-order valence-corrected chi connectivity index (χ2v) is 7.44. The van der Waals surface area contributed by atoms with Crippen molar-refractivity contribution in [3.63, 3.8) is 0 Å². The number of nitro benzene ring substituents is 2. The Bertz CT molecular complexity index is 987. The third-order valence-corrected chi connectivity index (χ3v) is 5.94. The first-order valence-corrected chi connectivity index (χ1v) is 9.06. The van der Waals surface area contributed by atoms with Crippen molar-refractivity contribution in [3.05, 3.63) is 67.8 Å². The van der Waals surface area contributed by atoms with Gasteiger partial charge in [-0.15, -0.1) is 0 Å². The van der Waals surface area contributed by atoms with Crippen molar-refractivity contribution in [3.8, 4) is 0 Å². The second-order valence-electron chi connectivity index (χ2n) is 5.60. The first-order valence-electron chi connectivity index (χ1n) is 7.62. The number of hydrogen-bond acceptors (Lipinski definition) is 6. The SMILES string of the molecule is CCN(c1cc([N+](=O)[O-])ccc1C)S(=O)(=O)c1cc([N+](=O)[O-])ccc1C. The van der Waals surface area contributed by atoms with E-state index >= 15 is 0 Å². The van der Waals surface area contributed by atoms with Gasteiger partial charge in [0.2, 0.25) is 0 Å². The van der Waals surface area contributed by atoms with Gasteiger partial charge < -0.3 is 0 Å². The Morgan fingerprint density at radius 3 is 1.92 bits per heavy atom. The third-order valence-electron chi connectivity index (χ3n) is 3.91. The molecule has 0 atom stereocenters. The van der Waals surface area contributed by atoms with Gasteiger partial charge in [0.25, 0.3) is 21.4 Å². The van der Waals surface area contributed by atoms with Gasteiger partial charge in [-0.25, -0.2) is 8.42 Å². The van der Waals surface area contributed by atoms with Gasteiger partial charge in [0.1, 0.15) is 0 Å². The molecule has 0 amide bonds. The van der Waals surface area contributed by atoms with Crippen LogP contribution < -0.4 is 4.31 Å². The monoisotopic (exact) mass is 379 g/mol. The van der Waals surface area contributed by atoms with E-state index in [0.717, 1.165) is 10.4 Å². The molecule has 2 rings (SSSR count). The van der Waals surface area contributed by atoms with Gasteiger partial charge in [-0.3, -0.25) is 24.5 Å². The molecule has 0 radical (unpaired) electrons. The van der Waals surface area contributed by atoms with Crippen LogP contribution in [-0.4, -0.2) is 24.8 Å². The minimum absolute atomic E-state index is 0.00642. The van der Waals surface area contributed by atoms with E-state index in [2.05, 4.69) is 0 Å².